The smallest absolute Gasteiger partial charge is 0.261 e. The summed E-state index contributed by atoms with van der Waals surface area (Å²) in [5.41, 5.74) is 0.883. The van der Waals surface area contributed by atoms with Crippen molar-refractivity contribution < 1.29 is 17.6 Å². The molecule has 3 aromatic carbocycles. The molecule has 1 heterocycles. The fraction of sp³-hybridized carbons (Fsp3) is 0. The number of anilines is 2. The molecule has 0 fully saturated rings. The summed E-state index contributed by atoms with van der Waals surface area (Å²) in [5, 5.41) is 3.60. The maximum atomic E-state index is 13.1. The Morgan fingerprint density at radius 3 is 2.53 bits per heavy atom. The average molecular weight is 462 g/mol. The second-order valence-corrected chi connectivity index (χ2v) is 9.34. The van der Waals surface area contributed by atoms with Gasteiger partial charge in [0.2, 0.25) is 0 Å². The van der Waals surface area contributed by atoms with Crippen molar-refractivity contribution in [2.75, 3.05) is 10.0 Å². The van der Waals surface area contributed by atoms with Crippen LogP contribution in [0.3, 0.4) is 0 Å². The number of fused-ring (bicyclic) bond motifs is 1. The number of aromatic nitrogens is 1. The number of hydrogen-bond donors (Lipinski definition) is 2. The van der Waals surface area contributed by atoms with Crippen LogP contribution in [0, 0.1) is 5.82 Å². The highest BCUT2D eigenvalue weighted by Gasteiger charge is 2.19. The summed E-state index contributed by atoms with van der Waals surface area (Å²) in [4.78, 5) is 17.0. The van der Waals surface area contributed by atoms with Crippen molar-refractivity contribution in [3.05, 3.63) is 83.1 Å². The number of thiazole rings is 1. The highest BCUT2D eigenvalue weighted by molar-refractivity contribution is 7.92. The monoisotopic (exact) mass is 461 g/mol. The summed E-state index contributed by atoms with van der Waals surface area (Å²) >= 11 is 7.23. The minimum atomic E-state index is -4.01. The lowest BCUT2D eigenvalue weighted by molar-refractivity contribution is 0.102. The van der Waals surface area contributed by atoms with Gasteiger partial charge in [0.25, 0.3) is 15.9 Å². The predicted octanol–water partition coefficient (Wildman–Crippen LogP) is 5.14. The Bertz CT molecular complexity index is 1360. The standard InChI is InChI=1S/C20H13ClFN3O3S2/c21-12-5-10-17-18(11-12)29-20(23-17)24-19(26)15-3-1-2-4-16(15)25-30(27,28)14-8-6-13(22)7-9-14/h1-11,25H,(H,23,24,26). The maximum absolute atomic E-state index is 13.1. The molecule has 152 valence electrons. The number of nitrogens with zero attached hydrogens (tertiary/aromatic N) is 1. The SMILES string of the molecule is O=C(Nc1nc2ccc(Cl)cc2s1)c1ccccc1NS(=O)(=O)c1ccc(F)cc1. The van der Waals surface area contributed by atoms with Crippen molar-refractivity contribution in [2.24, 2.45) is 0 Å². The number of carbonyl (C=O) groups excluding carboxylic acids is 1. The molecule has 10 heteroatoms. The van der Waals surface area contributed by atoms with Crippen LogP contribution in [0.2, 0.25) is 5.02 Å². The van der Waals surface area contributed by atoms with Gasteiger partial charge in [0.1, 0.15) is 5.82 Å². The van der Waals surface area contributed by atoms with Gasteiger partial charge >= 0.3 is 0 Å². The first kappa shape index (κ1) is 20.3. The molecular weight excluding hydrogens is 449 g/mol. The van der Waals surface area contributed by atoms with Gasteiger partial charge in [-0.2, -0.15) is 0 Å². The molecule has 0 bridgehead atoms. The summed E-state index contributed by atoms with van der Waals surface area (Å²) in [6.45, 7) is 0. The van der Waals surface area contributed by atoms with Crippen LogP contribution in [0.25, 0.3) is 10.2 Å². The van der Waals surface area contributed by atoms with E-state index in [-0.39, 0.29) is 16.1 Å². The zero-order chi connectivity index (χ0) is 21.3. The van der Waals surface area contributed by atoms with Gasteiger partial charge in [-0.1, -0.05) is 35.1 Å². The quantitative estimate of drug-likeness (QED) is 0.430. The van der Waals surface area contributed by atoms with Crippen LogP contribution >= 0.6 is 22.9 Å². The van der Waals surface area contributed by atoms with Crippen LogP contribution in [0.1, 0.15) is 10.4 Å². The van der Waals surface area contributed by atoms with E-state index in [1.807, 2.05) is 0 Å². The van der Waals surface area contributed by atoms with E-state index in [0.717, 1.165) is 29.0 Å². The van der Waals surface area contributed by atoms with Gasteiger partial charge in [-0.3, -0.25) is 14.8 Å². The van der Waals surface area contributed by atoms with E-state index in [1.54, 1.807) is 30.3 Å². The number of rotatable bonds is 5. The third kappa shape index (κ3) is 4.28. The van der Waals surface area contributed by atoms with Crippen molar-refractivity contribution in [3.8, 4) is 0 Å². The molecule has 0 aliphatic heterocycles. The van der Waals surface area contributed by atoms with Crippen molar-refractivity contribution in [2.45, 2.75) is 4.90 Å². The molecule has 0 saturated heterocycles. The summed E-state index contributed by atoms with van der Waals surface area (Å²) in [7, 11) is -4.01. The zero-order valence-corrected chi connectivity index (χ0v) is 17.5. The Balaban J connectivity index is 1.60. The second kappa shape index (κ2) is 8.02. The number of hydrogen-bond acceptors (Lipinski definition) is 5. The fourth-order valence-electron chi connectivity index (χ4n) is 2.70. The van der Waals surface area contributed by atoms with E-state index in [1.165, 1.54) is 23.5 Å². The minimum absolute atomic E-state index is 0.0866. The number of carbonyl (C=O) groups is 1. The van der Waals surface area contributed by atoms with Gasteiger partial charge < -0.3 is 0 Å². The molecule has 0 atom stereocenters. The third-order valence-corrected chi connectivity index (χ3v) is 6.66. The molecule has 1 aromatic heterocycles. The van der Waals surface area contributed by atoms with Crippen LogP contribution in [0.15, 0.2) is 71.6 Å². The molecule has 0 spiro atoms. The summed E-state index contributed by atoms with van der Waals surface area (Å²) in [6, 6.07) is 15.7. The molecule has 0 unspecified atom stereocenters. The van der Waals surface area contributed by atoms with Gasteiger partial charge in [0, 0.05) is 5.02 Å². The van der Waals surface area contributed by atoms with Gasteiger partial charge in [0.15, 0.2) is 5.13 Å². The average Bonchev–Trinajstić information content (AvgIpc) is 3.09. The number of nitrogens with one attached hydrogen (secondary N) is 2. The van der Waals surface area contributed by atoms with E-state index < -0.39 is 21.7 Å². The first-order valence-corrected chi connectivity index (χ1v) is 11.2. The summed E-state index contributed by atoms with van der Waals surface area (Å²) < 4.78 is 41.5. The Morgan fingerprint density at radius 2 is 1.77 bits per heavy atom. The lowest BCUT2D eigenvalue weighted by atomic mass is 10.2. The molecule has 0 aliphatic carbocycles. The van der Waals surface area contributed by atoms with Crippen LogP contribution in [-0.4, -0.2) is 19.3 Å². The molecule has 0 radical (unpaired) electrons. The molecule has 0 aliphatic rings. The lowest BCUT2D eigenvalue weighted by Crippen LogP contribution is -2.18. The van der Waals surface area contributed by atoms with Crippen LogP contribution in [-0.2, 0) is 10.0 Å². The van der Waals surface area contributed by atoms with Crippen LogP contribution in [0.5, 0.6) is 0 Å². The largest absolute Gasteiger partial charge is 0.298 e. The van der Waals surface area contributed by atoms with Gasteiger partial charge in [-0.15, -0.1) is 0 Å². The van der Waals surface area contributed by atoms with E-state index in [4.69, 9.17) is 11.6 Å². The van der Waals surface area contributed by atoms with Crippen LogP contribution < -0.4 is 10.0 Å². The summed E-state index contributed by atoms with van der Waals surface area (Å²) in [6.07, 6.45) is 0. The molecule has 1 amide bonds. The number of sulfonamides is 1. The molecule has 0 saturated carbocycles. The van der Waals surface area contributed by atoms with E-state index in [0.29, 0.717) is 15.7 Å². The van der Waals surface area contributed by atoms with Crippen molar-refractivity contribution >= 4 is 59.9 Å². The van der Waals surface area contributed by atoms with Gasteiger partial charge in [0.05, 0.1) is 26.4 Å². The highest BCUT2D eigenvalue weighted by atomic mass is 35.5. The molecule has 2 N–H and O–H groups in total. The maximum Gasteiger partial charge on any atom is 0.261 e. The Labute approximate surface area is 180 Å². The summed E-state index contributed by atoms with van der Waals surface area (Å²) in [5.74, 6) is -1.08. The zero-order valence-electron chi connectivity index (χ0n) is 15.1. The van der Waals surface area contributed by atoms with E-state index >= 15 is 0 Å². The normalized spacial score (nSPS) is 11.4. The number of para-hydroxylation sites is 1. The van der Waals surface area contributed by atoms with Gasteiger partial charge in [-0.05, 0) is 54.6 Å². The number of amides is 1. The molecule has 4 rings (SSSR count). The number of halogens is 2. The topological polar surface area (TPSA) is 88.2 Å². The van der Waals surface area contributed by atoms with Gasteiger partial charge in [-0.25, -0.2) is 17.8 Å². The first-order chi connectivity index (χ1) is 14.3. The minimum Gasteiger partial charge on any atom is -0.298 e. The second-order valence-electron chi connectivity index (χ2n) is 6.19. The molecule has 4 aromatic rings. The fourth-order valence-corrected chi connectivity index (χ4v) is 4.92. The predicted molar refractivity (Wildman–Crippen MR) is 116 cm³/mol. The van der Waals surface area contributed by atoms with Crippen LogP contribution in [0.4, 0.5) is 15.2 Å². The highest BCUT2D eigenvalue weighted by Crippen LogP contribution is 2.29. The molecule has 30 heavy (non-hydrogen) atoms. The molecular formula is C20H13ClFN3O3S2. The third-order valence-electron chi connectivity index (χ3n) is 4.11. The molecule has 6 nitrogen and oxygen atoms in total. The first-order valence-electron chi connectivity index (χ1n) is 8.57. The van der Waals surface area contributed by atoms with Crippen molar-refractivity contribution in [1.82, 2.24) is 4.98 Å². The van der Waals surface area contributed by atoms with Crippen molar-refractivity contribution in [1.29, 1.82) is 0 Å². The Kier molecular flexibility index (Phi) is 5.42. The van der Waals surface area contributed by atoms with E-state index in [2.05, 4.69) is 15.0 Å². The number of benzene rings is 3. The van der Waals surface area contributed by atoms with E-state index in [9.17, 15) is 17.6 Å². The Morgan fingerprint density at radius 1 is 1.03 bits per heavy atom. The Hall–Kier alpha value is -3.01. The lowest BCUT2D eigenvalue weighted by Gasteiger charge is -2.12. The van der Waals surface area contributed by atoms with Crippen molar-refractivity contribution in [3.63, 3.8) is 0 Å².